The van der Waals surface area contributed by atoms with Crippen molar-refractivity contribution >= 4 is 17.3 Å². The van der Waals surface area contributed by atoms with Gasteiger partial charge in [0.05, 0.1) is 6.54 Å². The lowest BCUT2D eigenvalue weighted by atomic mass is 9.76. The van der Waals surface area contributed by atoms with E-state index in [9.17, 15) is 22.4 Å². The fraction of sp³-hybridized carbons (Fsp3) is 0.316. The standard InChI is InChI=1S/C19H16F4N4OS/c20-13-3-1-11(2-4-13)12-7-14(8-12)25-17-24-10-27(18(28)26-17)9-15-5-6-16(29-15)19(21,22)23/h1-6,10,12,14H,7-9H2,(H,25,26,28)/t12-,14+. The Bertz CT molecular complexity index is 1060. The molecule has 0 radical (unpaired) electrons. The fourth-order valence-electron chi connectivity index (χ4n) is 3.24. The number of benzene rings is 1. The average Bonchev–Trinajstić information content (AvgIpc) is 3.10. The number of nitrogens with zero attached hydrogens (tertiary/aromatic N) is 3. The van der Waals surface area contributed by atoms with Crippen molar-refractivity contribution in [2.75, 3.05) is 5.32 Å². The van der Waals surface area contributed by atoms with Crippen molar-refractivity contribution in [3.63, 3.8) is 0 Å². The summed E-state index contributed by atoms with van der Waals surface area (Å²) in [6.45, 7) is -0.0179. The molecule has 1 fully saturated rings. The molecular weight excluding hydrogens is 408 g/mol. The highest BCUT2D eigenvalue weighted by Gasteiger charge is 2.32. The third-order valence-corrected chi connectivity index (χ3v) is 5.96. The second-order valence-electron chi connectivity index (χ2n) is 6.92. The second-order valence-corrected chi connectivity index (χ2v) is 8.08. The molecule has 1 aliphatic carbocycles. The lowest BCUT2D eigenvalue weighted by Crippen LogP contribution is -2.36. The lowest BCUT2D eigenvalue weighted by molar-refractivity contribution is -0.134. The van der Waals surface area contributed by atoms with Crippen LogP contribution in [0.25, 0.3) is 0 Å². The van der Waals surface area contributed by atoms with E-state index in [2.05, 4.69) is 15.3 Å². The minimum Gasteiger partial charge on any atom is -0.351 e. The molecule has 1 aliphatic rings. The molecule has 0 aliphatic heterocycles. The molecule has 0 spiro atoms. The third-order valence-electron chi connectivity index (χ3n) is 4.85. The number of hydrogen-bond acceptors (Lipinski definition) is 5. The number of anilines is 1. The van der Waals surface area contributed by atoms with Crippen LogP contribution < -0.4 is 11.0 Å². The number of alkyl halides is 3. The zero-order valence-electron chi connectivity index (χ0n) is 15.0. The summed E-state index contributed by atoms with van der Waals surface area (Å²) in [5.74, 6) is 0.236. The summed E-state index contributed by atoms with van der Waals surface area (Å²) in [4.78, 5) is 19.8. The van der Waals surface area contributed by atoms with E-state index in [1.165, 1.54) is 29.1 Å². The largest absolute Gasteiger partial charge is 0.425 e. The quantitative estimate of drug-likeness (QED) is 0.622. The van der Waals surface area contributed by atoms with Crippen LogP contribution >= 0.6 is 11.3 Å². The van der Waals surface area contributed by atoms with E-state index in [-0.39, 0.29) is 24.4 Å². The number of rotatable bonds is 5. The van der Waals surface area contributed by atoms with Gasteiger partial charge in [-0.05, 0) is 48.6 Å². The summed E-state index contributed by atoms with van der Waals surface area (Å²) in [7, 11) is 0. The van der Waals surface area contributed by atoms with Gasteiger partial charge in [0.2, 0.25) is 5.95 Å². The zero-order valence-corrected chi connectivity index (χ0v) is 15.8. The molecule has 152 valence electrons. The normalized spacial score (nSPS) is 19.0. The highest BCUT2D eigenvalue weighted by atomic mass is 32.1. The van der Waals surface area contributed by atoms with Crippen LogP contribution in [0, 0.1) is 5.82 Å². The maximum Gasteiger partial charge on any atom is 0.425 e. The molecule has 3 aromatic rings. The van der Waals surface area contributed by atoms with Crippen LogP contribution in [-0.2, 0) is 12.7 Å². The van der Waals surface area contributed by atoms with Crippen LogP contribution in [0.2, 0.25) is 0 Å². The maximum atomic E-state index is 13.0. The van der Waals surface area contributed by atoms with Crippen molar-refractivity contribution in [2.24, 2.45) is 0 Å². The minimum atomic E-state index is -4.40. The molecule has 0 amide bonds. The summed E-state index contributed by atoms with van der Waals surface area (Å²) in [5, 5.41) is 3.09. The van der Waals surface area contributed by atoms with Gasteiger partial charge in [0.15, 0.2) is 0 Å². The topological polar surface area (TPSA) is 59.8 Å². The molecule has 10 heteroatoms. The Morgan fingerprint density at radius 1 is 1.14 bits per heavy atom. The van der Waals surface area contributed by atoms with Gasteiger partial charge in [-0.2, -0.15) is 18.2 Å². The van der Waals surface area contributed by atoms with E-state index in [4.69, 9.17) is 0 Å². The number of hydrogen-bond donors (Lipinski definition) is 1. The molecule has 29 heavy (non-hydrogen) atoms. The van der Waals surface area contributed by atoms with Crippen molar-refractivity contribution < 1.29 is 17.6 Å². The van der Waals surface area contributed by atoms with E-state index < -0.39 is 16.7 Å². The van der Waals surface area contributed by atoms with Gasteiger partial charge in [-0.1, -0.05) is 12.1 Å². The number of thiophene rings is 1. The van der Waals surface area contributed by atoms with Gasteiger partial charge in [0, 0.05) is 10.9 Å². The van der Waals surface area contributed by atoms with Gasteiger partial charge in [0.25, 0.3) is 0 Å². The molecule has 1 N–H and O–H groups in total. The zero-order chi connectivity index (χ0) is 20.6. The Morgan fingerprint density at radius 2 is 1.86 bits per heavy atom. The molecule has 0 saturated heterocycles. The Hall–Kier alpha value is -2.75. The van der Waals surface area contributed by atoms with Crippen molar-refractivity contribution in [1.29, 1.82) is 0 Å². The van der Waals surface area contributed by atoms with E-state index in [0.29, 0.717) is 22.1 Å². The summed E-state index contributed by atoms with van der Waals surface area (Å²) < 4.78 is 52.2. The Labute approximate surface area is 167 Å². The van der Waals surface area contributed by atoms with Crippen LogP contribution in [0.1, 0.15) is 34.1 Å². The second kappa shape index (κ2) is 7.58. The van der Waals surface area contributed by atoms with E-state index in [1.54, 1.807) is 12.1 Å². The maximum absolute atomic E-state index is 13.0. The van der Waals surface area contributed by atoms with Crippen molar-refractivity contribution in [2.45, 2.75) is 37.5 Å². The smallest absolute Gasteiger partial charge is 0.351 e. The molecule has 0 atom stereocenters. The summed E-state index contributed by atoms with van der Waals surface area (Å²) >= 11 is 0.591. The highest BCUT2D eigenvalue weighted by Crippen LogP contribution is 2.38. The van der Waals surface area contributed by atoms with Gasteiger partial charge in [-0.3, -0.25) is 4.57 Å². The first-order valence-corrected chi connectivity index (χ1v) is 9.71. The number of nitrogens with one attached hydrogen (secondary N) is 1. The molecule has 2 aromatic heterocycles. The van der Waals surface area contributed by atoms with Gasteiger partial charge in [-0.15, -0.1) is 11.3 Å². The predicted molar refractivity (Wildman–Crippen MR) is 101 cm³/mol. The summed E-state index contributed by atoms with van der Waals surface area (Å²) in [6, 6.07) is 8.85. The van der Waals surface area contributed by atoms with Crippen molar-refractivity contribution in [1.82, 2.24) is 14.5 Å². The molecule has 5 nitrogen and oxygen atoms in total. The Morgan fingerprint density at radius 3 is 2.48 bits per heavy atom. The molecule has 1 aromatic carbocycles. The third kappa shape index (κ3) is 4.47. The Kier molecular flexibility index (Phi) is 5.12. The fourth-order valence-corrected chi connectivity index (χ4v) is 4.12. The number of halogens is 4. The first kappa shape index (κ1) is 19.6. The van der Waals surface area contributed by atoms with Gasteiger partial charge >= 0.3 is 11.9 Å². The first-order valence-electron chi connectivity index (χ1n) is 8.89. The van der Waals surface area contributed by atoms with Crippen molar-refractivity contribution in [3.05, 3.63) is 74.3 Å². The minimum absolute atomic E-state index is 0.0179. The van der Waals surface area contributed by atoms with Crippen LogP contribution in [0.4, 0.5) is 23.5 Å². The van der Waals surface area contributed by atoms with Crippen molar-refractivity contribution in [3.8, 4) is 0 Å². The average molecular weight is 424 g/mol. The molecule has 4 rings (SSSR count). The first-order chi connectivity index (χ1) is 13.8. The molecule has 0 unspecified atom stereocenters. The van der Waals surface area contributed by atoms with Gasteiger partial charge < -0.3 is 5.32 Å². The van der Waals surface area contributed by atoms with E-state index >= 15 is 0 Å². The summed E-state index contributed by atoms with van der Waals surface area (Å²) in [5.41, 5.74) is 0.480. The van der Waals surface area contributed by atoms with Crippen LogP contribution in [0.15, 0.2) is 47.5 Å². The lowest BCUT2D eigenvalue weighted by Gasteiger charge is -2.36. The van der Waals surface area contributed by atoms with E-state index in [1.807, 2.05) is 0 Å². The van der Waals surface area contributed by atoms with Crippen LogP contribution in [0.5, 0.6) is 0 Å². The van der Waals surface area contributed by atoms with Crippen LogP contribution in [0.3, 0.4) is 0 Å². The SMILES string of the molecule is O=c1nc(N[C@H]2C[C@@H](c3ccc(F)cc3)C2)ncn1Cc1ccc(C(F)(F)F)s1. The Balaban J connectivity index is 1.35. The highest BCUT2D eigenvalue weighted by molar-refractivity contribution is 7.12. The molecule has 2 heterocycles. The van der Waals surface area contributed by atoms with Gasteiger partial charge in [0.1, 0.15) is 17.0 Å². The van der Waals surface area contributed by atoms with Crippen LogP contribution in [-0.4, -0.2) is 20.6 Å². The predicted octanol–water partition coefficient (Wildman–Crippen LogP) is 4.26. The monoisotopic (exact) mass is 424 g/mol. The summed E-state index contributed by atoms with van der Waals surface area (Å²) in [6.07, 6.45) is -1.49. The molecular formula is C19H16F4N4OS. The molecule has 1 saturated carbocycles. The molecule has 0 bridgehead atoms. The van der Waals surface area contributed by atoms with E-state index in [0.717, 1.165) is 24.5 Å². The number of aromatic nitrogens is 3. The van der Waals surface area contributed by atoms with Gasteiger partial charge in [-0.25, -0.2) is 14.2 Å².